The predicted octanol–water partition coefficient (Wildman–Crippen LogP) is 2.05. The van der Waals surface area contributed by atoms with Crippen LogP contribution in [-0.4, -0.2) is 21.6 Å². The molecule has 0 aliphatic carbocycles. The smallest absolute Gasteiger partial charge is 0.388 e. The average Bonchev–Trinajstić information content (AvgIpc) is 2.26. The first kappa shape index (κ1) is 11.2. The second kappa shape index (κ2) is 4.10. The molecule has 1 aromatic heterocycles. The first-order chi connectivity index (χ1) is 6.43. The van der Waals surface area contributed by atoms with Crippen molar-refractivity contribution in [3.63, 3.8) is 0 Å². The van der Waals surface area contributed by atoms with Crippen LogP contribution in [0.25, 0.3) is 0 Å². The lowest BCUT2D eigenvalue weighted by molar-refractivity contribution is -0.0533. The van der Waals surface area contributed by atoms with Gasteiger partial charge in [-0.05, 0) is 11.6 Å². The van der Waals surface area contributed by atoms with Gasteiger partial charge in [-0.3, -0.25) is 9.48 Å². The molecule has 0 fully saturated rings. The van der Waals surface area contributed by atoms with Crippen LogP contribution < -0.4 is 4.74 Å². The van der Waals surface area contributed by atoms with E-state index in [-0.39, 0.29) is 10.7 Å². The van der Waals surface area contributed by atoms with Crippen LogP contribution in [0.15, 0.2) is 0 Å². The Bertz CT molecular complexity index is 367. The topological polar surface area (TPSA) is 44.1 Å². The third kappa shape index (κ3) is 2.13. The molecular weight excluding hydrogens is 241 g/mol. The van der Waals surface area contributed by atoms with Gasteiger partial charge in [0.25, 0.3) is 11.1 Å². The fourth-order valence-electron chi connectivity index (χ4n) is 0.812. The second-order valence-electron chi connectivity index (χ2n) is 2.25. The zero-order valence-corrected chi connectivity index (χ0v) is 8.31. The van der Waals surface area contributed by atoms with Crippen molar-refractivity contribution in [1.82, 2.24) is 9.78 Å². The fraction of sp³-hybridized carbons (Fsp3) is 0.333. The average molecular weight is 245 g/mol. The molecule has 0 bridgehead atoms. The normalized spacial score (nSPS) is 10.7. The maximum absolute atomic E-state index is 11.8. The van der Waals surface area contributed by atoms with E-state index in [0.29, 0.717) is 0 Å². The molecule has 1 heterocycles. The van der Waals surface area contributed by atoms with Crippen LogP contribution in [-0.2, 0) is 7.05 Å². The number of halogens is 4. The van der Waals surface area contributed by atoms with Crippen LogP contribution >= 0.6 is 23.2 Å². The first-order valence-corrected chi connectivity index (χ1v) is 4.06. The van der Waals surface area contributed by atoms with E-state index in [9.17, 15) is 13.6 Å². The largest absolute Gasteiger partial charge is 0.414 e. The van der Waals surface area contributed by atoms with Gasteiger partial charge in [-0.25, -0.2) is 0 Å². The Balaban J connectivity index is 3.15. The number of rotatable bonds is 3. The van der Waals surface area contributed by atoms with E-state index in [2.05, 4.69) is 9.84 Å². The number of hydrogen-bond acceptors (Lipinski definition) is 3. The van der Waals surface area contributed by atoms with E-state index in [1.54, 1.807) is 0 Å². The third-order valence-electron chi connectivity index (χ3n) is 1.34. The van der Waals surface area contributed by atoms with Crippen molar-refractivity contribution in [2.75, 3.05) is 0 Å². The zero-order valence-electron chi connectivity index (χ0n) is 6.80. The molecule has 0 saturated carbocycles. The number of hydrogen-bond donors (Lipinski definition) is 0. The molecule has 0 saturated heterocycles. The minimum absolute atomic E-state index is 0.152. The van der Waals surface area contributed by atoms with E-state index in [1.165, 1.54) is 7.05 Å². The lowest BCUT2D eigenvalue weighted by Crippen LogP contribution is -2.05. The summed E-state index contributed by atoms with van der Waals surface area (Å²) in [5, 5.41) is 2.30. The third-order valence-corrected chi connectivity index (χ3v) is 1.96. The van der Waals surface area contributed by atoms with Crippen molar-refractivity contribution in [3.05, 3.63) is 10.7 Å². The van der Waals surface area contributed by atoms with Crippen LogP contribution in [0.3, 0.4) is 0 Å². The van der Waals surface area contributed by atoms with Gasteiger partial charge in [0.2, 0.25) is 0 Å². The molecule has 1 rings (SSSR count). The molecule has 4 nitrogen and oxygen atoms in total. The summed E-state index contributed by atoms with van der Waals surface area (Å²) < 4.78 is 28.6. The molecule has 78 valence electrons. The summed E-state index contributed by atoms with van der Waals surface area (Å²) in [7, 11) is 1.37. The minimum Gasteiger partial charge on any atom is -0.414 e. The molecule has 14 heavy (non-hydrogen) atoms. The minimum atomic E-state index is -3.09. The van der Waals surface area contributed by atoms with Gasteiger partial charge in [0.1, 0.15) is 10.7 Å². The highest BCUT2D eigenvalue weighted by molar-refractivity contribution is 6.69. The molecule has 0 amide bonds. The summed E-state index contributed by atoms with van der Waals surface area (Å²) in [6.07, 6.45) is 0. The summed E-state index contributed by atoms with van der Waals surface area (Å²) in [5.74, 6) is -0.576. The van der Waals surface area contributed by atoms with Crippen LogP contribution in [0.4, 0.5) is 8.78 Å². The predicted molar refractivity (Wildman–Crippen MR) is 45.0 cm³/mol. The number of alkyl halides is 2. The van der Waals surface area contributed by atoms with E-state index < -0.39 is 17.7 Å². The van der Waals surface area contributed by atoms with Crippen molar-refractivity contribution < 1.29 is 18.3 Å². The van der Waals surface area contributed by atoms with Crippen molar-refractivity contribution in [2.45, 2.75) is 6.61 Å². The van der Waals surface area contributed by atoms with E-state index >= 15 is 0 Å². The molecule has 0 aromatic carbocycles. The van der Waals surface area contributed by atoms with Gasteiger partial charge in [-0.2, -0.15) is 8.78 Å². The Morgan fingerprint density at radius 3 is 2.64 bits per heavy atom. The fourth-order valence-corrected chi connectivity index (χ4v) is 1.24. The molecule has 0 radical (unpaired) electrons. The van der Waals surface area contributed by atoms with Crippen molar-refractivity contribution in [3.8, 4) is 5.88 Å². The summed E-state index contributed by atoms with van der Waals surface area (Å²) in [6, 6.07) is 0. The number of carbonyl (C=O) groups is 1. The molecule has 0 spiro atoms. The van der Waals surface area contributed by atoms with Crippen LogP contribution in [0.1, 0.15) is 10.4 Å². The number of aromatic nitrogens is 2. The summed E-state index contributed by atoms with van der Waals surface area (Å²) in [4.78, 5) is 10.8. The van der Waals surface area contributed by atoms with Crippen molar-refractivity contribution in [2.24, 2.45) is 7.05 Å². The van der Waals surface area contributed by atoms with Gasteiger partial charge in [0, 0.05) is 7.05 Å². The maximum Gasteiger partial charge on any atom is 0.388 e. The summed E-state index contributed by atoms with van der Waals surface area (Å²) in [5.41, 5.74) is -0.365. The second-order valence-corrected chi connectivity index (χ2v) is 2.95. The van der Waals surface area contributed by atoms with Gasteiger partial charge in [-0.15, -0.1) is 5.10 Å². The first-order valence-electron chi connectivity index (χ1n) is 3.30. The quantitative estimate of drug-likeness (QED) is 0.765. The molecular formula is C6H4Cl2F2N2O2. The van der Waals surface area contributed by atoms with Crippen molar-refractivity contribution >= 4 is 28.4 Å². The number of aryl methyl sites for hydroxylation is 1. The van der Waals surface area contributed by atoms with Crippen LogP contribution in [0, 0.1) is 0 Å². The van der Waals surface area contributed by atoms with Crippen LogP contribution in [0.2, 0.25) is 5.15 Å². The highest BCUT2D eigenvalue weighted by atomic mass is 35.5. The summed E-state index contributed by atoms with van der Waals surface area (Å²) >= 11 is 10.7. The molecule has 1 aromatic rings. The monoisotopic (exact) mass is 244 g/mol. The van der Waals surface area contributed by atoms with Crippen molar-refractivity contribution in [1.29, 1.82) is 0 Å². The Labute approximate surface area is 87.3 Å². The number of ether oxygens (including phenoxy) is 1. The zero-order chi connectivity index (χ0) is 10.9. The van der Waals surface area contributed by atoms with E-state index in [0.717, 1.165) is 4.68 Å². The molecule has 0 N–H and O–H groups in total. The highest BCUT2D eigenvalue weighted by Gasteiger charge is 2.23. The molecule has 0 aliphatic heterocycles. The lowest BCUT2D eigenvalue weighted by atomic mass is 10.4. The Morgan fingerprint density at radius 1 is 1.64 bits per heavy atom. The SMILES string of the molecule is Cn1nc(OC(F)F)c(C(=O)Cl)c1Cl. The Kier molecular flexibility index (Phi) is 3.28. The Morgan fingerprint density at radius 2 is 2.21 bits per heavy atom. The molecule has 0 unspecified atom stereocenters. The van der Waals surface area contributed by atoms with Gasteiger partial charge in [0.15, 0.2) is 0 Å². The maximum atomic E-state index is 11.8. The van der Waals surface area contributed by atoms with Crippen LogP contribution in [0.5, 0.6) is 5.88 Å². The van der Waals surface area contributed by atoms with Gasteiger partial charge in [0.05, 0.1) is 0 Å². The molecule has 0 aliphatic rings. The van der Waals surface area contributed by atoms with Gasteiger partial charge in [-0.1, -0.05) is 11.6 Å². The van der Waals surface area contributed by atoms with Gasteiger partial charge < -0.3 is 4.74 Å². The number of carbonyl (C=O) groups excluding carboxylic acids is 1. The molecule has 0 atom stereocenters. The van der Waals surface area contributed by atoms with Gasteiger partial charge >= 0.3 is 6.61 Å². The molecule has 8 heteroatoms. The van der Waals surface area contributed by atoms with E-state index in [4.69, 9.17) is 23.2 Å². The summed E-state index contributed by atoms with van der Waals surface area (Å²) in [6.45, 7) is -3.09. The standard InChI is InChI=1S/C6H4Cl2F2N2O2/c1-12-3(7)2(4(8)13)5(11-12)14-6(9)10/h6H,1H3. The highest BCUT2D eigenvalue weighted by Crippen LogP contribution is 2.27. The lowest BCUT2D eigenvalue weighted by Gasteiger charge is -1.99. The Hall–Kier alpha value is -0.880. The van der Waals surface area contributed by atoms with E-state index in [1.807, 2.05) is 0 Å². The number of nitrogens with zero attached hydrogens (tertiary/aromatic N) is 2.